The van der Waals surface area contributed by atoms with E-state index in [4.69, 9.17) is 14.2 Å². The molecule has 0 fully saturated rings. The Kier molecular flexibility index (Phi) is 42.9. The van der Waals surface area contributed by atoms with Crippen LogP contribution in [0.15, 0.2) is 24.3 Å². The smallest absolute Gasteiger partial charge is 0.306 e. The number of ether oxygens (including phenoxy) is 3. The second-order valence-electron chi connectivity index (χ2n) is 16.0. The Morgan fingerprint density at radius 1 is 0.345 bits per heavy atom. The summed E-state index contributed by atoms with van der Waals surface area (Å²) in [6.07, 6.45) is 48.9. The van der Waals surface area contributed by atoms with Gasteiger partial charge in [-0.15, -0.1) is 0 Å². The molecule has 1 atom stereocenters. The Morgan fingerprint density at radius 2 is 0.600 bits per heavy atom. The summed E-state index contributed by atoms with van der Waals surface area (Å²) in [7, 11) is 0. The predicted octanol–water partition coefficient (Wildman–Crippen LogP) is 15.2. The van der Waals surface area contributed by atoms with E-state index in [-0.39, 0.29) is 31.1 Å². The highest BCUT2D eigenvalue weighted by atomic mass is 16.6. The van der Waals surface area contributed by atoms with Crippen LogP contribution in [0.1, 0.15) is 252 Å². The minimum Gasteiger partial charge on any atom is -0.462 e. The molecule has 0 saturated heterocycles. The molecule has 0 aromatic rings. The number of rotatable bonds is 43. The maximum atomic E-state index is 12.7. The first-order valence-corrected chi connectivity index (χ1v) is 23.8. The van der Waals surface area contributed by atoms with Gasteiger partial charge >= 0.3 is 17.9 Å². The maximum Gasteiger partial charge on any atom is 0.306 e. The van der Waals surface area contributed by atoms with Gasteiger partial charge in [-0.1, -0.05) is 186 Å². The highest BCUT2D eigenvalue weighted by Gasteiger charge is 2.19. The van der Waals surface area contributed by atoms with Gasteiger partial charge in [-0.2, -0.15) is 0 Å². The molecule has 55 heavy (non-hydrogen) atoms. The van der Waals surface area contributed by atoms with E-state index < -0.39 is 6.10 Å². The largest absolute Gasteiger partial charge is 0.462 e. The zero-order chi connectivity index (χ0) is 40.1. The third-order valence-corrected chi connectivity index (χ3v) is 10.4. The molecule has 322 valence electrons. The standard InChI is InChI=1S/C49H90O6/c1-4-7-10-13-16-18-20-22-23-24-25-26-28-29-31-33-36-39-42-48(51)54-45-46(44-53-47(50)41-38-35-15-12-9-6-3)55-49(52)43-40-37-34-32-30-27-21-19-17-14-11-8-5-2/h19,21,23-24,46H,4-18,20,22,25-45H2,1-3H3/b21-19-,24-23-. The number of allylic oxidation sites excluding steroid dienone is 4. The van der Waals surface area contributed by atoms with Gasteiger partial charge in [0.25, 0.3) is 0 Å². The van der Waals surface area contributed by atoms with Crippen molar-refractivity contribution in [3.8, 4) is 0 Å². The molecule has 0 saturated carbocycles. The second-order valence-corrected chi connectivity index (χ2v) is 16.0. The third-order valence-electron chi connectivity index (χ3n) is 10.4. The zero-order valence-electron chi connectivity index (χ0n) is 36.7. The van der Waals surface area contributed by atoms with Crippen molar-refractivity contribution in [2.45, 2.75) is 258 Å². The molecule has 0 amide bonds. The summed E-state index contributed by atoms with van der Waals surface area (Å²) < 4.78 is 16.6. The van der Waals surface area contributed by atoms with Gasteiger partial charge in [0.2, 0.25) is 0 Å². The lowest BCUT2D eigenvalue weighted by Crippen LogP contribution is -2.30. The molecule has 0 rings (SSSR count). The van der Waals surface area contributed by atoms with Gasteiger partial charge in [-0.05, 0) is 70.6 Å². The van der Waals surface area contributed by atoms with Gasteiger partial charge in [-0.3, -0.25) is 14.4 Å². The molecule has 0 N–H and O–H groups in total. The van der Waals surface area contributed by atoms with Gasteiger partial charge in [0.1, 0.15) is 13.2 Å². The highest BCUT2D eigenvalue weighted by Crippen LogP contribution is 2.14. The first-order chi connectivity index (χ1) is 27.0. The number of hydrogen-bond acceptors (Lipinski definition) is 6. The first kappa shape index (κ1) is 52.9. The summed E-state index contributed by atoms with van der Waals surface area (Å²) in [4.78, 5) is 37.6. The molecule has 0 aliphatic heterocycles. The number of carbonyl (C=O) groups excluding carboxylic acids is 3. The molecular formula is C49H90O6. The van der Waals surface area contributed by atoms with Crippen molar-refractivity contribution < 1.29 is 28.6 Å². The molecule has 0 aliphatic carbocycles. The zero-order valence-corrected chi connectivity index (χ0v) is 36.7. The molecule has 1 unspecified atom stereocenters. The fraction of sp³-hybridized carbons (Fsp3) is 0.857. The van der Waals surface area contributed by atoms with E-state index in [1.165, 1.54) is 148 Å². The van der Waals surface area contributed by atoms with Crippen molar-refractivity contribution in [3.05, 3.63) is 24.3 Å². The van der Waals surface area contributed by atoms with Crippen LogP contribution in [0.3, 0.4) is 0 Å². The molecule has 0 spiro atoms. The molecule has 0 bridgehead atoms. The van der Waals surface area contributed by atoms with Gasteiger partial charge in [-0.25, -0.2) is 0 Å². The minimum atomic E-state index is -0.770. The Labute approximate surface area is 341 Å². The van der Waals surface area contributed by atoms with E-state index in [1.807, 2.05) is 0 Å². The molecule has 0 heterocycles. The fourth-order valence-electron chi connectivity index (χ4n) is 6.78. The van der Waals surface area contributed by atoms with Gasteiger partial charge in [0, 0.05) is 19.3 Å². The number of carbonyl (C=O) groups is 3. The van der Waals surface area contributed by atoms with Crippen molar-refractivity contribution >= 4 is 17.9 Å². The maximum absolute atomic E-state index is 12.7. The number of unbranched alkanes of at least 4 members (excludes halogenated alkanes) is 28. The van der Waals surface area contributed by atoms with Gasteiger partial charge in [0.15, 0.2) is 6.10 Å². The molecule has 6 nitrogen and oxygen atoms in total. The van der Waals surface area contributed by atoms with Crippen molar-refractivity contribution in [2.24, 2.45) is 0 Å². The molecule has 0 radical (unpaired) electrons. The Morgan fingerprint density at radius 3 is 0.927 bits per heavy atom. The fourth-order valence-corrected chi connectivity index (χ4v) is 6.78. The average molecular weight is 775 g/mol. The van der Waals surface area contributed by atoms with E-state index in [0.29, 0.717) is 19.3 Å². The van der Waals surface area contributed by atoms with Crippen molar-refractivity contribution in [2.75, 3.05) is 13.2 Å². The quantitative estimate of drug-likeness (QED) is 0.0266. The van der Waals surface area contributed by atoms with E-state index in [1.54, 1.807) is 0 Å². The summed E-state index contributed by atoms with van der Waals surface area (Å²) in [6.45, 7) is 6.56. The Bertz CT molecular complexity index is 896. The highest BCUT2D eigenvalue weighted by molar-refractivity contribution is 5.71. The van der Waals surface area contributed by atoms with Gasteiger partial charge in [0.05, 0.1) is 0 Å². The van der Waals surface area contributed by atoms with E-state index >= 15 is 0 Å². The van der Waals surface area contributed by atoms with E-state index in [9.17, 15) is 14.4 Å². The van der Waals surface area contributed by atoms with Crippen molar-refractivity contribution in [1.29, 1.82) is 0 Å². The van der Waals surface area contributed by atoms with Crippen LogP contribution in [0.4, 0.5) is 0 Å². The molecule has 0 aliphatic rings. The summed E-state index contributed by atoms with van der Waals surface area (Å²) >= 11 is 0. The Balaban J connectivity index is 4.22. The van der Waals surface area contributed by atoms with Crippen molar-refractivity contribution in [3.63, 3.8) is 0 Å². The summed E-state index contributed by atoms with van der Waals surface area (Å²) in [5.41, 5.74) is 0. The lowest BCUT2D eigenvalue weighted by molar-refractivity contribution is -0.167. The van der Waals surface area contributed by atoms with Crippen LogP contribution >= 0.6 is 0 Å². The second kappa shape index (κ2) is 44.6. The summed E-state index contributed by atoms with van der Waals surface area (Å²) in [5.74, 6) is -0.892. The van der Waals surface area contributed by atoms with E-state index in [0.717, 1.165) is 64.2 Å². The molecule has 0 aromatic carbocycles. The van der Waals surface area contributed by atoms with Crippen molar-refractivity contribution in [1.82, 2.24) is 0 Å². The first-order valence-electron chi connectivity index (χ1n) is 23.8. The summed E-state index contributed by atoms with van der Waals surface area (Å²) in [5, 5.41) is 0. The minimum absolute atomic E-state index is 0.0746. The van der Waals surface area contributed by atoms with E-state index in [2.05, 4.69) is 45.1 Å². The molecule has 0 aromatic heterocycles. The average Bonchev–Trinajstić information content (AvgIpc) is 3.18. The SMILES string of the molecule is CCCCCC/C=C\CCCCCCCC(=O)OC(COC(=O)CCCCCCCC)COC(=O)CCCCCCCCC/C=C\CCCCCCCCC. The van der Waals surface area contributed by atoms with Crippen LogP contribution < -0.4 is 0 Å². The molecule has 6 heteroatoms. The lowest BCUT2D eigenvalue weighted by Gasteiger charge is -2.18. The van der Waals surface area contributed by atoms with Gasteiger partial charge < -0.3 is 14.2 Å². The van der Waals surface area contributed by atoms with Crippen LogP contribution in [-0.2, 0) is 28.6 Å². The molecular weight excluding hydrogens is 685 g/mol. The number of esters is 3. The summed E-state index contributed by atoms with van der Waals surface area (Å²) in [6, 6.07) is 0. The lowest BCUT2D eigenvalue weighted by atomic mass is 10.1. The predicted molar refractivity (Wildman–Crippen MR) is 233 cm³/mol. The van der Waals surface area contributed by atoms with Crippen LogP contribution in [0.2, 0.25) is 0 Å². The topological polar surface area (TPSA) is 78.9 Å². The monoisotopic (exact) mass is 775 g/mol. The van der Waals surface area contributed by atoms with Crippen LogP contribution in [0, 0.1) is 0 Å². The normalized spacial score (nSPS) is 12.1. The number of hydrogen-bond donors (Lipinski definition) is 0. The van der Waals surface area contributed by atoms with Crippen LogP contribution in [0.25, 0.3) is 0 Å². The van der Waals surface area contributed by atoms with Crippen LogP contribution in [-0.4, -0.2) is 37.2 Å². The third kappa shape index (κ3) is 42.9. The Hall–Kier alpha value is -2.11. The van der Waals surface area contributed by atoms with Crippen LogP contribution in [0.5, 0.6) is 0 Å².